The Hall–Kier alpha value is -1.42. The van der Waals surface area contributed by atoms with Crippen LogP contribution in [0.15, 0.2) is 4.99 Å². The summed E-state index contributed by atoms with van der Waals surface area (Å²) >= 11 is 1.67. The quantitative estimate of drug-likeness (QED) is 0.576. The molecule has 6 heteroatoms. The number of aliphatic imine (C=N–C) groups is 1. The van der Waals surface area contributed by atoms with Crippen molar-refractivity contribution >= 4 is 22.7 Å². The summed E-state index contributed by atoms with van der Waals surface area (Å²) in [5.41, 5.74) is 1.81. The molecule has 0 radical (unpaired) electrons. The number of thiophene rings is 1. The van der Waals surface area contributed by atoms with Gasteiger partial charge >= 0.3 is 0 Å². The summed E-state index contributed by atoms with van der Waals surface area (Å²) in [5, 5.41) is 17.5. The number of rotatable bonds is 7. The molecule has 0 aliphatic carbocycles. The molecule has 0 saturated heterocycles. The number of likely N-dealkylation sites (N-methyl/N-ethyl adjacent to an activating group) is 1. The van der Waals surface area contributed by atoms with Crippen LogP contribution in [0.1, 0.15) is 57.0 Å². The van der Waals surface area contributed by atoms with Gasteiger partial charge in [-0.1, -0.05) is 6.92 Å². The zero-order valence-electron chi connectivity index (χ0n) is 16.4. The molecule has 138 valence electrons. The Morgan fingerprint density at radius 3 is 2.72 bits per heavy atom. The average molecular weight is 362 g/mol. The van der Waals surface area contributed by atoms with Crippen molar-refractivity contribution in [2.24, 2.45) is 4.99 Å². The summed E-state index contributed by atoms with van der Waals surface area (Å²) in [6, 6.07) is 2.41. The molecule has 1 aromatic rings. The predicted molar refractivity (Wildman–Crippen MR) is 108 cm³/mol. The van der Waals surface area contributed by atoms with E-state index in [4.69, 9.17) is 0 Å². The lowest BCUT2D eigenvalue weighted by atomic mass is 9.81. The summed E-state index contributed by atoms with van der Waals surface area (Å²) in [5.74, 6) is 0. The van der Waals surface area contributed by atoms with Crippen LogP contribution in [0.5, 0.6) is 0 Å². The van der Waals surface area contributed by atoms with Crippen molar-refractivity contribution in [3.05, 3.63) is 16.0 Å². The van der Waals surface area contributed by atoms with Gasteiger partial charge in [0, 0.05) is 22.5 Å². The third-order valence-electron chi connectivity index (χ3n) is 4.46. The first-order chi connectivity index (χ1) is 11.7. The number of anilines is 1. The van der Waals surface area contributed by atoms with Gasteiger partial charge in [-0.25, -0.2) is 0 Å². The molecule has 0 atom stereocenters. The van der Waals surface area contributed by atoms with E-state index in [1.807, 2.05) is 0 Å². The molecular weight excluding hydrogens is 330 g/mol. The molecule has 2 N–H and O–H groups in total. The minimum atomic E-state index is -0.132. The monoisotopic (exact) mass is 361 g/mol. The smallest absolute Gasteiger partial charge is 0.112 e. The van der Waals surface area contributed by atoms with Gasteiger partial charge in [-0.3, -0.25) is 4.99 Å². The van der Waals surface area contributed by atoms with Crippen LogP contribution in [0, 0.1) is 11.3 Å². The molecule has 1 aliphatic heterocycles. The fourth-order valence-corrected chi connectivity index (χ4v) is 4.83. The number of hydrogen-bond acceptors (Lipinski definition) is 5. The summed E-state index contributed by atoms with van der Waals surface area (Å²) in [6.45, 7) is 13.7. The van der Waals surface area contributed by atoms with Gasteiger partial charge in [-0.05, 0) is 59.7 Å². The number of hydrogen-bond donors (Lipinski definition) is 2. The second-order valence-corrected chi connectivity index (χ2v) is 9.04. The third-order valence-corrected chi connectivity index (χ3v) is 5.95. The maximum absolute atomic E-state index is 9.68. The summed E-state index contributed by atoms with van der Waals surface area (Å²) in [6.07, 6.45) is 3.76. The topological polar surface area (TPSA) is 63.5 Å². The largest absolute Gasteiger partial charge is 0.337 e. The SMILES string of the molecule is CCCN(C)CCN=CNc1sc2c(c1C#N)CC(C)(C)NC2(C)C. The van der Waals surface area contributed by atoms with Crippen LogP contribution in [0.2, 0.25) is 0 Å². The maximum atomic E-state index is 9.68. The molecule has 2 heterocycles. The summed E-state index contributed by atoms with van der Waals surface area (Å²) in [4.78, 5) is 7.97. The van der Waals surface area contributed by atoms with Gasteiger partial charge in [0.2, 0.25) is 0 Å². The first-order valence-corrected chi connectivity index (χ1v) is 9.81. The van der Waals surface area contributed by atoms with E-state index >= 15 is 0 Å². The van der Waals surface area contributed by atoms with Gasteiger partial charge in [0.25, 0.3) is 0 Å². The Morgan fingerprint density at radius 2 is 2.08 bits per heavy atom. The van der Waals surface area contributed by atoms with Crippen molar-refractivity contribution in [1.82, 2.24) is 10.2 Å². The van der Waals surface area contributed by atoms with E-state index in [2.05, 4.69) is 68.3 Å². The molecule has 25 heavy (non-hydrogen) atoms. The van der Waals surface area contributed by atoms with Crippen LogP contribution in [0.25, 0.3) is 0 Å². The van der Waals surface area contributed by atoms with Crippen molar-refractivity contribution in [1.29, 1.82) is 5.26 Å². The first-order valence-electron chi connectivity index (χ1n) is 8.99. The first kappa shape index (κ1) is 19.9. The number of nitriles is 1. The lowest BCUT2D eigenvalue weighted by Crippen LogP contribution is -2.54. The highest BCUT2D eigenvalue weighted by molar-refractivity contribution is 7.16. The van der Waals surface area contributed by atoms with Gasteiger partial charge in [0.05, 0.1) is 18.4 Å². The minimum Gasteiger partial charge on any atom is -0.337 e. The van der Waals surface area contributed by atoms with Crippen molar-refractivity contribution in [2.45, 2.75) is 58.5 Å². The van der Waals surface area contributed by atoms with Crippen LogP contribution in [-0.4, -0.2) is 43.5 Å². The van der Waals surface area contributed by atoms with Crippen molar-refractivity contribution in [3.8, 4) is 6.07 Å². The Balaban J connectivity index is 2.11. The highest BCUT2D eigenvalue weighted by Gasteiger charge is 2.40. The molecule has 0 saturated carbocycles. The van der Waals surface area contributed by atoms with Gasteiger partial charge < -0.3 is 15.5 Å². The van der Waals surface area contributed by atoms with Crippen LogP contribution >= 0.6 is 11.3 Å². The molecule has 0 amide bonds. The normalized spacial score (nSPS) is 18.3. The molecule has 1 aromatic heterocycles. The average Bonchev–Trinajstić information content (AvgIpc) is 2.83. The second-order valence-electron chi connectivity index (χ2n) is 8.02. The standard InChI is InChI=1S/C19H31N5S/c1-7-9-24(6)10-8-21-13-22-17-15(12-20)14-11-18(2,3)23-19(4,5)16(14)25-17/h13,23H,7-11H2,1-6H3,(H,21,22). The predicted octanol–water partition coefficient (Wildman–Crippen LogP) is 3.56. The molecule has 0 spiro atoms. The summed E-state index contributed by atoms with van der Waals surface area (Å²) in [7, 11) is 2.12. The van der Waals surface area contributed by atoms with Crippen molar-refractivity contribution in [3.63, 3.8) is 0 Å². The van der Waals surface area contributed by atoms with Gasteiger partial charge in [-0.2, -0.15) is 5.26 Å². The van der Waals surface area contributed by atoms with Gasteiger partial charge in [0.15, 0.2) is 0 Å². The Morgan fingerprint density at radius 1 is 1.36 bits per heavy atom. The molecular formula is C19H31N5S. The van der Waals surface area contributed by atoms with Gasteiger partial charge in [-0.15, -0.1) is 11.3 Å². The van der Waals surface area contributed by atoms with Crippen LogP contribution in [0.4, 0.5) is 5.00 Å². The van der Waals surface area contributed by atoms with Crippen LogP contribution < -0.4 is 10.6 Å². The van der Waals surface area contributed by atoms with E-state index < -0.39 is 0 Å². The van der Waals surface area contributed by atoms with Gasteiger partial charge in [0.1, 0.15) is 11.1 Å². The third kappa shape index (κ3) is 4.81. The molecule has 0 aromatic carbocycles. The van der Waals surface area contributed by atoms with E-state index in [-0.39, 0.29) is 11.1 Å². The van der Waals surface area contributed by atoms with E-state index in [0.717, 1.165) is 43.0 Å². The molecule has 5 nitrogen and oxygen atoms in total. The summed E-state index contributed by atoms with van der Waals surface area (Å²) < 4.78 is 0. The fourth-order valence-electron chi connectivity index (χ4n) is 3.64. The number of fused-ring (bicyclic) bond motifs is 1. The highest BCUT2D eigenvalue weighted by atomic mass is 32.1. The molecule has 2 rings (SSSR count). The lowest BCUT2D eigenvalue weighted by molar-refractivity contribution is 0.247. The van der Waals surface area contributed by atoms with Crippen molar-refractivity contribution in [2.75, 3.05) is 32.0 Å². The van der Waals surface area contributed by atoms with E-state index in [1.54, 1.807) is 17.7 Å². The zero-order chi connectivity index (χ0) is 18.7. The van der Waals surface area contributed by atoms with E-state index in [1.165, 1.54) is 10.4 Å². The maximum Gasteiger partial charge on any atom is 0.112 e. The van der Waals surface area contributed by atoms with Crippen LogP contribution in [-0.2, 0) is 12.0 Å². The van der Waals surface area contributed by atoms with E-state index in [0.29, 0.717) is 0 Å². The second kappa shape index (κ2) is 7.86. The number of nitrogens with zero attached hydrogens (tertiary/aromatic N) is 3. The Kier molecular flexibility index (Phi) is 6.26. The molecule has 0 bridgehead atoms. The molecule has 1 aliphatic rings. The van der Waals surface area contributed by atoms with Crippen molar-refractivity contribution < 1.29 is 0 Å². The van der Waals surface area contributed by atoms with E-state index in [9.17, 15) is 5.26 Å². The van der Waals surface area contributed by atoms with Crippen LogP contribution in [0.3, 0.4) is 0 Å². The molecule has 0 unspecified atom stereocenters. The Labute approximate surface area is 156 Å². The zero-order valence-corrected chi connectivity index (χ0v) is 17.2. The lowest BCUT2D eigenvalue weighted by Gasteiger charge is -2.42. The molecule has 0 fully saturated rings. The fraction of sp³-hybridized carbons (Fsp3) is 0.684. The number of nitrogens with one attached hydrogen (secondary N) is 2. The highest BCUT2D eigenvalue weighted by Crippen LogP contribution is 2.44. The Bertz CT molecular complexity index is 666. The minimum absolute atomic E-state index is 0.0155.